The number of nitrogens with zero attached hydrogens (tertiary/aromatic N) is 1. The number of hydrogen-bond acceptors (Lipinski definition) is 2. The van der Waals surface area contributed by atoms with E-state index in [4.69, 9.17) is 5.11 Å². The molecule has 1 saturated carbocycles. The van der Waals surface area contributed by atoms with Gasteiger partial charge in [0.2, 0.25) is 0 Å². The van der Waals surface area contributed by atoms with Gasteiger partial charge in [0.05, 0.1) is 6.42 Å². The summed E-state index contributed by atoms with van der Waals surface area (Å²) >= 11 is 0. The van der Waals surface area contributed by atoms with Gasteiger partial charge in [0.1, 0.15) is 0 Å². The lowest BCUT2D eigenvalue weighted by molar-refractivity contribution is -0.138. The van der Waals surface area contributed by atoms with Gasteiger partial charge in [-0.15, -0.1) is 0 Å². The SMILES string of the molecule is CCC1CCCC(N(CC)C(C)CC(=O)O)C1. The molecule has 0 saturated heterocycles. The van der Waals surface area contributed by atoms with E-state index in [9.17, 15) is 4.79 Å². The zero-order chi connectivity index (χ0) is 12.8. The Kier molecular flexibility index (Phi) is 5.96. The highest BCUT2D eigenvalue weighted by molar-refractivity contribution is 5.67. The smallest absolute Gasteiger partial charge is 0.304 e. The summed E-state index contributed by atoms with van der Waals surface area (Å²) < 4.78 is 0. The molecule has 100 valence electrons. The molecule has 0 aromatic carbocycles. The van der Waals surface area contributed by atoms with Gasteiger partial charge in [-0.05, 0) is 32.2 Å². The molecule has 0 amide bonds. The Morgan fingerprint density at radius 3 is 2.65 bits per heavy atom. The molecule has 17 heavy (non-hydrogen) atoms. The van der Waals surface area contributed by atoms with Crippen molar-refractivity contribution >= 4 is 5.97 Å². The molecule has 1 aliphatic rings. The molecule has 1 rings (SSSR count). The van der Waals surface area contributed by atoms with Crippen LogP contribution < -0.4 is 0 Å². The molecule has 3 heteroatoms. The van der Waals surface area contributed by atoms with E-state index in [0.29, 0.717) is 6.04 Å². The Hall–Kier alpha value is -0.570. The first-order valence-electron chi connectivity index (χ1n) is 7.05. The number of hydrogen-bond donors (Lipinski definition) is 1. The van der Waals surface area contributed by atoms with Crippen molar-refractivity contribution in [3.05, 3.63) is 0 Å². The van der Waals surface area contributed by atoms with Crippen LogP contribution >= 0.6 is 0 Å². The minimum Gasteiger partial charge on any atom is -0.481 e. The molecule has 0 heterocycles. The summed E-state index contributed by atoms with van der Waals surface area (Å²) in [4.78, 5) is 13.2. The van der Waals surface area contributed by atoms with Gasteiger partial charge < -0.3 is 5.11 Å². The maximum absolute atomic E-state index is 10.8. The summed E-state index contributed by atoms with van der Waals surface area (Å²) in [6.45, 7) is 7.43. The topological polar surface area (TPSA) is 40.5 Å². The number of carbonyl (C=O) groups is 1. The number of rotatable bonds is 6. The molecule has 3 atom stereocenters. The lowest BCUT2D eigenvalue weighted by Gasteiger charge is -2.40. The number of carboxylic acids is 1. The van der Waals surface area contributed by atoms with Gasteiger partial charge in [-0.25, -0.2) is 0 Å². The highest BCUT2D eigenvalue weighted by Gasteiger charge is 2.28. The van der Waals surface area contributed by atoms with Crippen molar-refractivity contribution in [3.8, 4) is 0 Å². The van der Waals surface area contributed by atoms with E-state index in [0.717, 1.165) is 12.5 Å². The average molecular weight is 241 g/mol. The van der Waals surface area contributed by atoms with Crippen LogP contribution in [-0.2, 0) is 4.79 Å². The summed E-state index contributed by atoms with van der Waals surface area (Å²) in [5.74, 6) is 0.165. The highest BCUT2D eigenvalue weighted by atomic mass is 16.4. The van der Waals surface area contributed by atoms with Crippen LogP contribution in [0.1, 0.15) is 59.3 Å². The van der Waals surface area contributed by atoms with Crippen LogP contribution in [0.4, 0.5) is 0 Å². The van der Waals surface area contributed by atoms with E-state index in [1.54, 1.807) is 0 Å². The standard InChI is InChI=1S/C14H27NO2/c1-4-12-7-6-8-13(10-12)15(5-2)11(3)9-14(16)17/h11-13H,4-10H2,1-3H3,(H,16,17). The summed E-state index contributed by atoms with van der Waals surface area (Å²) in [6.07, 6.45) is 6.70. The second-order valence-corrected chi connectivity index (χ2v) is 5.37. The van der Waals surface area contributed by atoms with Crippen LogP contribution in [0.3, 0.4) is 0 Å². The lowest BCUT2D eigenvalue weighted by atomic mass is 9.83. The largest absolute Gasteiger partial charge is 0.481 e. The third-order valence-electron chi connectivity index (χ3n) is 4.20. The fourth-order valence-corrected chi connectivity index (χ4v) is 3.23. The first kappa shape index (κ1) is 14.5. The van der Waals surface area contributed by atoms with Crippen LogP contribution in [-0.4, -0.2) is 34.6 Å². The minimum absolute atomic E-state index is 0.165. The summed E-state index contributed by atoms with van der Waals surface area (Å²) in [6, 6.07) is 0.770. The van der Waals surface area contributed by atoms with Gasteiger partial charge in [0.25, 0.3) is 0 Å². The Labute approximate surface area is 105 Å². The molecule has 3 nitrogen and oxygen atoms in total. The molecular formula is C14H27NO2. The summed E-state index contributed by atoms with van der Waals surface area (Å²) in [5.41, 5.74) is 0. The zero-order valence-electron chi connectivity index (χ0n) is 11.5. The maximum Gasteiger partial charge on any atom is 0.304 e. The highest BCUT2D eigenvalue weighted by Crippen LogP contribution is 2.30. The van der Waals surface area contributed by atoms with Gasteiger partial charge in [0.15, 0.2) is 0 Å². The first-order valence-corrected chi connectivity index (χ1v) is 7.05. The Morgan fingerprint density at radius 2 is 2.12 bits per heavy atom. The molecule has 0 aromatic rings. The van der Waals surface area contributed by atoms with Crippen molar-refractivity contribution in [2.45, 2.75) is 71.4 Å². The summed E-state index contributed by atoms with van der Waals surface area (Å²) in [7, 11) is 0. The van der Waals surface area contributed by atoms with Gasteiger partial charge in [-0.3, -0.25) is 9.69 Å². The molecular weight excluding hydrogens is 214 g/mol. The molecule has 0 spiro atoms. The predicted molar refractivity (Wildman–Crippen MR) is 70.1 cm³/mol. The zero-order valence-corrected chi connectivity index (χ0v) is 11.5. The molecule has 0 radical (unpaired) electrons. The lowest BCUT2D eigenvalue weighted by Crippen LogP contribution is -2.44. The fraction of sp³-hybridized carbons (Fsp3) is 0.929. The van der Waals surface area contributed by atoms with Crippen molar-refractivity contribution in [2.75, 3.05) is 6.54 Å². The maximum atomic E-state index is 10.8. The monoisotopic (exact) mass is 241 g/mol. The summed E-state index contributed by atoms with van der Waals surface area (Å²) in [5, 5.41) is 8.90. The van der Waals surface area contributed by atoms with E-state index < -0.39 is 5.97 Å². The van der Waals surface area contributed by atoms with Crippen molar-refractivity contribution < 1.29 is 9.90 Å². The molecule has 0 aromatic heterocycles. The van der Waals surface area contributed by atoms with Crippen LogP contribution in [0.2, 0.25) is 0 Å². The fourth-order valence-electron chi connectivity index (χ4n) is 3.23. The second-order valence-electron chi connectivity index (χ2n) is 5.37. The van der Waals surface area contributed by atoms with Crippen molar-refractivity contribution in [2.24, 2.45) is 5.92 Å². The van der Waals surface area contributed by atoms with Crippen molar-refractivity contribution in [1.82, 2.24) is 4.90 Å². The molecule has 0 aliphatic heterocycles. The second kappa shape index (κ2) is 7.00. The predicted octanol–water partition coefficient (Wildman–Crippen LogP) is 3.14. The van der Waals surface area contributed by atoms with Crippen molar-refractivity contribution in [1.29, 1.82) is 0 Å². The molecule has 3 unspecified atom stereocenters. The number of carboxylic acid groups (broad SMARTS) is 1. The van der Waals surface area contributed by atoms with Crippen molar-refractivity contribution in [3.63, 3.8) is 0 Å². The van der Waals surface area contributed by atoms with Crippen LogP contribution in [0.25, 0.3) is 0 Å². The van der Waals surface area contributed by atoms with E-state index in [1.165, 1.54) is 32.1 Å². The van der Waals surface area contributed by atoms with E-state index >= 15 is 0 Å². The van der Waals surface area contributed by atoms with E-state index in [1.807, 2.05) is 6.92 Å². The quantitative estimate of drug-likeness (QED) is 0.776. The Bertz CT molecular complexity index is 242. The Morgan fingerprint density at radius 1 is 1.41 bits per heavy atom. The third kappa shape index (κ3) is 4.30. The van der Waals surface area contributed by atoms with E-state index in [-0.39, 0.29) is 12.5 Å². The van der Waals surface area contributed by atoms with E-state index in [2.05, 4.69) is 18.7 Å². The van der Waals surface area contributed by atoms with Gasteiger partial charge in [0, 0.05) is 12.1 Å². The molecule has 0 bridgehead atoms. The van der Waals surface area contributed by atoms with Gasteiger partial charge in [-0.1, -0.05) is 33.1 Å². The van der Waals surface area contributed by atoms with Crippen LogP contribution in [0.15, 0.2) is 0 Å². The first-order chi connectivity index (χ1) is 8.08. The van der Waals surface area contributed by atoms with Gasteiger partial charge in [-0.2, -0.15) is 0 Å². The Balaban J connectivity index is 2.56. The van der Waals surface area contributed by atoms with Gasteiger partial charge >= 0.3 is 5.97 Å². The number of aliphatic carboxylic acids is 1. The molecule has 1 N–H and O–H groups in total. The van der Waals surface area contributed by atoms with Crippen LogP contribution in [0.5, 0.6) is 0 Å². The minimum atomic E-state index is -0.682. The van der Waals surface area contributed by atoms with Crippen LogP contribution in [0, 0.1) is 5.92 Å². The molecule has 1 fully saturated rings. The normalized spacial score (nSPS) is 27.1. The molecule has 1 aliphatic carbocycles. The third-order valence-corrected chi connectivity index (χ3v) is 4.20. The average Bonchev–Trinajstić information content (AvgIpc) is 2.29.